The van der Waals surface area contributed by atoms with Crippen LogP contribution in [0.2, 0.25) is 0 Å². The number of aromatic nitrogens is 3. The first-order valence-corrected chi connectivity index (χ1v) is 21.3. The first kappa shape index (κ1) is 30.6. The molecule has 3 heteroatoms. The van der Waals surface area contributed by atoms with Gasteiger partial charge in [-0.25, -0.2) is 0 Å². The van der Waals surface area contributed by atoms with Crippen LogP contribution in [0.1, 0.15) is 6.85 Å². The Balaban J connectivity index is 0.903. The highest BCUT2D eigenvalue weighted by atomic mass is 15.0. The van der Waals surface area contributed by atoms with Gasteiger partial charge in [-0.2, -0.15) is 0 Å². The molecule has 0 atom stereocenters. The average molecular weight is 807 g/mol. The minimum Gasteiger partial charge on any atom is -0.309 e. The third kappa shape index (κ3) is 5.60. The predicted octanol–water partition coefficient (Wildman–Crippen LogP) is 16.0. The van der Waals surface area contributed by atoms with Crippen molar-refractivity contribution in [3.63, 3.8) is 0 Å². The van der Waals surface area contributed by atoms with Crippen molar-refractivity contribution in [1.82, 2.24) is 13.7 Å². The lowest BCUT2D eigenvalue weighted by Gasteiger charge is -2.11. The molecule has 0 aliphatic rings. The molecule has 63 heavy (non-hydrogen) atoms. The highest BCUT2D eigenvalue weighted by Gasteiger charge is 2.18. The topological polar surface area (TPSA) is 14.8 Å². The van der Waals surface area contributed by atoms with Crippen molar-refractivity contribution >= 4 is 65.4 Å². The fourth-order valence-corrected chi connectivity index (χ4v) is 9.85. The lowest BCUT2D eigenvalue weighted by atomic mass is 9.99. The lowest BCUT2D eigenvalue weighted by molar-refractivity contribution is 1.18. The summed E-state index contributed by atoms with van der Waals surface area (Å²) in [5, 5.41) is 6.66. The molecule has 3 aromatic heterocycles. The molecule has 10 aromatic carbocycles. The van der Waals surface area contributed by atoms with Gasteiger partial charge in [0.05, 0.1) is 40.0 Å². The Morgan fingerprint density at radius 1 is 0.238 bits per heavy atom. The van der Waals surface area contributed by atoms with E-state index in [4.69, 9.17) is 6.85 Å². The molecule has 0 radical (unpaired) electrons. The Labute approximate surface area is 371 Å². The Morgan fingerprint density at radius 2 is 0.571 bits per heavy atom. The number of fused-ring (bicyclic) bond motifs is 9. The molecule has 294 valence electrons. The van der Waals surface area contributed by atoms with Crippen molar-refractivity contribution in [3.8, 4) is 50.4 Å². The first-order chi connectivity index (χ1) is 33.3. The van der Waals surface area contributed by atoms with E-state index in [1.54, 1.807) is 4.57 Å². The van der Waals surface area contributed by atoms with Crippen LogP contribution in [-0.2, 0) is 0 Å². The van der Waals surface area contributed by atoms with Crippen LogP contribution in [0.4, 0.5) is 0 Å². The zero-order chi connectivity index (χ0) is 45.8. The van der Waals surface area contributed by atoms with Gasteiger partial charge in [-0.05, 0) is 130 Å². The van der Waals surface area contributed by atoms with Crippen molar-refractivity contribution in [2.45, 2.75) is 0 Å². The standard InChI is InChI=1S/C60H39N3/c1-4-14-40(15-5-1)42-26-33-59-53(37-42)54-39-45(29-35-60(54)62(59)47-18-8-3-9-19-47)44-28-34-58-52(38-44)50-21-11-13-23-56(50)63(58)48-30-24-41(25-31-48)43-27-32-57-51(36-43)49-20-10-12-22-55(49)61(57)46-16-6-2-7-17-46/h1-39H/i2D,6D,7D,16D,17D. The second-order valence-corrected chi connectivity index (χ2v) is 16.2. The summed E-state index contributed by atoms with van der Waals surface area (Å²) in [7, 11) is 0. The molecule has 3 nitrogen and oxygen atoms in total. The number of hydrogen-bond donors (Lipinski definition) is 0. The van der Waals surface area contributed by atoms with Crippen LogP contribution in [0.25, 0.3) is 116 Å². The number of nitrogens with zero attached hydrogens (tertiary/aromatic N) is 3. The van der Waals surface area contributed by atoms with Crippen molar-refractivity contribution in [1.29, 1.82) is 0 Å². The Morgan fingerprint density at radius 3 is 1.06 bits per heavy atom. The number of benzene rings is 10. The van der Waals surface area contributed by atoms with Crippen molar-refractivity contribution in [2.24, 2.45) is 0 Å². The summed E-state index contributed by atoms with van der Waals surface area (Å²) in [6.07, 6.45) is 0. The molecular formula is C60H39N3. The maximum absolute atomic E-state index is 8.78. The molecule has 0 N–H and O–H groups in total. The van der Waals surface area contributed by atoms with E-state index in [1.807, 2.05) is 36.4 Å². The Kier molecular flexibility index (Phi) is 6.84. The third-order valence-corrected chi connectivity index (χ3v) is 12.7. The largest absolute Gasteiger partial charge is 0.309 e. The summed E-state index contributed by atoms with van der Waals surface area (Å²) in [5.41, 5.74) is 15.2. The van der Waals surface area contributed by atoms with Crippen LogP contribution in [0.3, 0.4) is 0 Å². The van der Waals surface area contributed by atoms with E-state index in [1.165, 1.54) is 43.7 Å². The molecular weight excluding hydrogens is 763 g/mol. The monoisotopic (exact) mass is 806 g/mol. The third-order valence-electron chi connectivity index (χ3n) is 12.7. The van der Waals surface area contributed by atoms with Gasteiger partial charge in [-0.15, -0.1) is 0 Å². The molecule has 0 aliphatic heterocycles. The average Bonchev–Trinajstić information content (AvgIpc) is 4.03. The number of rotatable bonds is 6. The van der Waals surface area contributed by atoms with E-state index >= 15 is 0 Å². The van der Waals surface area contributed by atoms with Crippen LogP contribution in [0, 0.1) is 0 Å². The van der Waals surface area contributed by atoms with Crippen molar-refractivity contribution in [2.75, 3.05) is 0 Å². The van der Waals surface area contributed by atoms with Gasteiger partial charge in [0, 0.05) is 49.4 Å². The molecule has 0 saturated heterocycles. The van der Waals surface area contributed by atoms with Crippen LogP contribution in [0.15, 0.2) is 236 Å². The maximum atomic E-state index is 8.78. The Bertz CT molecular complexity index is 4160. The molecule has 0 aliphatic carbocycles. The lowest BCUT2D eigenvalue weighted by Crippen LogP contribution is -1.94. The fraction of sp³-hybridized carbons (Fsp3) is 0. The minimum absolute atomic E-state index is 0.142. The number of para-hydroxylation sites is 4. The quantitative estimate of drug-likeness (QED) is 0.159. The second kappa shape index (κ2) is 14.1. The molecule has 13 rings (SSSR count). The zero-order valence-electron chi connectivity index (χ0n) is 39.0. The summed E-state index contributed by atoms with van der Waals surface area (Å²) < 4.78 is 49.0. The van der Waals surface area contributed by atoms with E-state index in [0.29, 0.717) is 0 Å². The van der Waals surface area contributed by atoms with E-state index in [0.717, 1.165) is 66.5 Å². The zero-order valence-corrected chi connectivity index (χ0v) is 34.0. The van der Waals surface area contributed by atoms with Crippen LogP contribution < -0.4 is 0 Å². The highest BCUT2D eigenvalue weighted by Crippen LogP contribution is 2.40. The van der Waals surface area contributed by atoms with Crippen molar-refractivity contribution < 1.29 is 6.85 Å². The highest BCUT2D eigenvalue weighted by molar-refractivity contribution is 6.14. The summed E-state index contributed by atoms with van der Waals surface area (Å²) in [6.45, 7) is 0. The molecule has 13 aromatic rings. The molecule has 3 heterocycles. The molecule has 0 unspecified atom stereocenters. The van der Waals surface area contributed by atoms with Crippen LogP contribution in [-0.4, -0.2) is 13.7 Å². The summed E-state index contributed by atoms with van der Waals surface area (Å²) in [6, 6.07) is 71.4. The fourth-order valence-electron chi connectivity index (χ4n) is 9.85. The summed E-state index contributed by atoms with van der Waals surface area (Å²) >= 11 is 0. The molecule has 0 fully saturated rings. The SMILES string of the molecule is [2H]c1c([2H])c([2H])c(-n2c3ccccc3c3cc(-c4ccc(-n5c6ccccc6c6cc(-c7ccc8c(c7)c7cc(-c9ccccc9)ccc7n8-c7ccccc7)ccc65)cc4)ccc32)c([2H])c1[2H]. The van der Waals surface area contributed by atoms with E-state index in [-0.39, 0.29) is 29.9 Å². The Hall–Kier alpha value is -8.40. The van der Waals surface area contributed by atoms with Gasteiger partial charge in [0.25, 0.3) is 0 Å². The molecule has 0 bridgehead atoms. The molecule has 0 amide bonds. The van der Waals surface area contributed by atoms with Gasteiger partial charge < -0.3 is 13.7 Å². The van der Waals surface area contributed by atoms with Gasteiger partial charge in [0.15, 0.2) is 0 Å². The maximum Gasteiger partial charge on any atom is 0.0645 e. The van der Waals surface area contributed by atoms with Gasteiger partial charge in [-0.3, -0.25) is 0 Å². The molecule has 0 saturated carbocycles. The van der Waals surface area contributed by atoms with E-state index < -0.39 is 6.04 Å². The van der Waals surface area contributed by atoms with Gasteiger partial charge in [0.2, 0.25) is 0 Å². The smallest absolute Gasteiger partial charge is 0.0645 e. The summed E-state index contributed by atoms with van der Waals surface area (Å²) in [4.78, 5) is 0. The van der Waals surface area contributed by atoms with E-state index in [9.17, 15) is 0 Å². The van der Waals surface area contributed by atoms with Crippen LogP contribution in [0.5, 0.6) is 0 Å². The second-order valence-electron chi connectivity index (χ2n) is 16.2. The number of hydrogen-bond acceptors (Lipinski definition) is 0. The van der Waals surface area contributed by atoms with Crippen LogP contribution >= 0.6 is 0 Å². The van der Waals surface area contributed by atoms with Gasteiger partial charge >= 0.3 is 0 Å². The van der Waals surface area contributed by atoms with Crippen molar-refractivity contribution in [3.05, 3.63) is 236 Å². The minimum atomic E-state index is -0.406. The van der Waals surface area contributed by atoms with Gasteiger partial charge in [0.1, 0.15) is 0 Å². The molecule has 0 spiro atoms. The summed E-state index contributed by atoms with van der Waals surface area (Å²) in [5.74, 6) is 0. The predicted molar refractivity (Wildman–Crippen MR) is 266 cm³/mol. The van der Waals surface area contributed by atoms with Gasteiger partial charge in [-0.1, -0.05) is 139 Å². The van der Waals surface area contributed by atoms with E-state index in [2.05, 4.69) is 179 Å². The normalized spacial score (nSPS) is 12.9. The first-order valence-electron chi connectivity index (χ1n) is 23.8.